The van der Waals surface area contributed by atoms with Gasteiger partial charge in [-0.15, -0.1) is 0 Å². The van der Waals surface area contributed by atoms with Gasteiger partial charge in [0.15, 0.2) is 11.5 Å². The first-order chi connectivity index (χ1) is 11.3. The molecule has 0 aromatic heterocycles. The highest BCUT2D eigenvalue weighted by molar-refractivity contribution is 9.10. The second kappa shape index (κ2) is 7.55. The summed E-state index contributed by atoms with van der Waals surface area (Å²) in [4.78, 5) is 0.257. The number of nitrogens with zero attached hydrogens (tertiary/aromatic N) is 1. The molecule has 0 radical (unpaired) electrons. The highest BCUT2D eigenvalue weighted by Crippen LogP contribution is 2.32. The van der Waals surface area contributed by atoms with Crippen molar-refractivity contribution in [2.45, 2.75) is 18.4 Å². The monoisotopic (exact) mass is 413 g/mol. The Morgan fingerprint density at radius 2 is 1.83 bits per heavy atom. The summed E-state index contributed by atoms with van der Waals surface area (Å²) in [5, 5.41) is 0. The zero-order valence-electron chi connectivity index (χ0n) is 14.0. The van der Waals surface area contributed by atoms with E-state index in [9.17, 15) is 8.42 Å². The van der Waals surface area contributed by atoms with Crippen molar-refractivity contribution in [3.8, 4) is 11.5 Å². The molecule has 0 atom stereocenters. The van der Waals surface area contributed by atoms with Gasteiger partial charge in [-0.3, -0.25) is 0 Å². The van der Waals surface area contributed by atoms with Gasteiger partial charge in [0.2, 0.25) is 10.0 Å². The number of ether oxygens (including phenoxy) is 2. The highest BCUT2D eigenvalue weighted by atomic mass is 79.9. The van der Waals surface area contributed by atoms with E-state index >= 15 is 0 Å². The van der Waals surface area contributed by atoms with Crippen LogP contribution in [0.1, 0.15) is 11.1 Å². The molecule has 0 fully saturated rings. The number of hydrogen-bond acceptors (Lipinski definition) is 4. The predicted octanol–water partition coefficient (Wildman–Crippen LogP) is 3.60. The van der Waals surface area contributed by atoms with Crippen LogP contribution >= 0.6 is 15.9 Å². The van der Waals surface area contributed by atoms with Gasteiger partial charge in [-0.25, -0.2) is 8.42 Å². The molecule has 0 saturated carbocycles. The van der Waals surface area contributed by atoms with E-state index in [4.69, 9.17) is 9.47 Å². The standard InChI is InChI=1S/C17H20BrNO4S/c1-12-10-14(8-9-15(12)18)24(20,21)19(2)11-13-6-5-7-16(22-3)17(13)23-4/h5-10H,11H2,1-4H3. The molecule has 0 spiro atoms. The maximum absolute atomic E-state index is 12.8. The van der Waals surface area contributed by atoms with Crippen LogP contribution in [0, 0.1) is 6.92 Å². The molecule has 130 valence electrons. The molecule has 2 rings (SSSR count). The zero-order chi connectivity index (χ0) is 17.9. The number of aryl methyl sites for hydroxylation is 1. The lowest BCUT2D eigenvalue weighted by molar-refractivity contribution is 0.347. The number of rotatable bonds is 6. The molecule has 0 aliphatic heterocycles. The van der Waals surface area contributed by atoms with Gasteiger partial charge in [-0.05, 0) is 36.8 Å². The second-order valence-electron chi connectivity index (χ2n) is 5.32. The molecule has 2 aromatic rings. The number of sulfonamides is 1. The first-order valence-electron chi connectivity index (χ1n) is 7.23. The van der Waals surface area contributed by atoms with Crippen LogP contribution in [0.5, 0.6) is 11.5 Å². The Bertz CT molecular complexity index is 836. The summed E-state index contributed by atoms with van der Waals surface area (Å²) in [5.41, 5.74) is 1.60. The molecular weight excluding hydrogens is 394 g/mol. The Kier molecular flexibility index (Phi) is 5.90. The van der Waals surface area contributed by atoms with Crippen LogP contribution in [0.15, 0.2) is 45.8 Å². The molecule has 0 unspecified atom stereocenters. The molecule has 2 aromatic carbocycles. The molecule has 0 N–H and O–H groups in total. The van der Waals surface area contributed by atoms with Crippen molar-refractivity contribution < 1.29 is 17.9 Å². The number of hydrogen-bond donors (Lipinski definition) is 0. The molecule has 0 aliphatic rings. The van der Waals surface area contributed by atoms with Crippen LogP contribution in [0.4, 0.5) is 0 Å². The van der Waals surface area contributed by atoms with Crippen molar-refractivity contribution in [1.29, 1.82) is 0 Å². The molecule has 0 amide bonds. The van der Waals surface area contributed by atoms with Gasteiger partial charge in [0.25, 0.3) is 0 Å². The maximum atomic E-state index is 12.8. The molecule has 0 bridgehead atoms. The van der Waals surface area contributed by atoms with Gasteiger partial charge >= 0.3 is 0 Å². The first-order valence-corrected chi connectivity index (χ1v) is 9.47. The van der Waals surface area contributed by atoms with Crippen LogP contribution in [0.25, 0.3) is 0 Å². The van der Waals surface area contributed by atoms with Crippen molar-refractivity contribution in [1.82, 2.24) is 4.31 Å². The van der Waals surface area contributed by atoms with Crippen LogP contribution in [0.3, 0.4) is 0 Å². The first kappa shape index (κ1) is 18.8. The minimum atomic E-state index is -3.60. The van der Waals surface area contributed by atoms with Gasteiger partial charge in [0.1, 0.15) is 0 Å². The summed E-state index contributed by atoms with van der Waals surface area (Å²) < 4.78 is 38.4. The SMILES string of the molecule is COc1cccc(CN(C)S(=O)(=O)c2ccc(Br)c(C)c2)c1OC. The predicted molar refractivity (Wildman–Crippen MR) is 97.1 cm³/mol. The third kappa shape index (κ3) is 3.74. The fraction of sp³-hybridized carbons (Fsp3) is 0.294. The fourth-order valence-corrected chi connectivity index (χ4v) is 3.84. The van der Waals surface area contributed by atoms with E-state index in [2.05, 4.69) is 15.9 Å². The normalized spacial score (nSPS) is 11.6. The third-order valence-corrected chi connectivity index (χ3v) is 6.40. The smallest absolute Gasteiger partial charge is 0.243 e. The molecule has 0 aliphatic carbocycles. The van der Waals surface area contributed by atoms with Crippen LogP contribution in [-0.4, -0.2) is 34.0 Å². The van der Waals surface area contributed by atoms with Crippen molar-refractivity contribution in [2.24, 2.45) is 0 Å². The van der Waals surface area contributed by atoms with Crippen LogP contribution in [-0.2, 0) is 16.6 Å². The summed E-state index contributed by atoms with van der Waals surface area (Å²) >= 11 is 3.38. The topological polar surface area (TPSA) is 55.8 Å². The maximum Gasteiger partial charge on any atom is 0.243 e. The highest BCUT2D eigenvalue weighted by Gasteiger charge is 2.23. The number of benzene rings is 2. The van der Waals surface area contributed by atoms with E-state index in [1.165, 1.54) is 11.4 Å². The van der Waals surface area contributed by atoms with Gasteiger partial charge in [0, 0.05) is 23.6 Å². The molecule has 0 saturated heterocycles. The third-order valence-electron chi connectivity index (χ3n) is 3.72. The van der Waals surface area contributed by atoms with Gasteiger partial charge in [-0.2, -0.15) is 4.31 Å². The van der Waals surface area contributed by atoms with E-state index in [0.717, 1.165) is 15.6 Å². The van der Waals surface area contributed by atoms with E-state index in [-0.39, 0.29) is 11.4 Å². The van der Waals surface area contributed by atoms with Crippen molar-refractivity contribution in [3.63, 3.8) is 0 Å². The molecular formula is C17H20BrNO4S. The minimum absolute atomic E-state index is 0.178. The minimum Gasteiger partial charge on any atom is -0.493 e. The van der Waals surface area contributed by atoms with Gasteiger partial charge in [0.05, 0.1) is 19.1 Å². The summed E-state index contributed by atoms with van der Waals surface area (Å²) in [6.07, 6.45) is 0. The lowest BCUT2D eigenvalue weighted by Gasteiger charge is -2.20. The van der Waals surface area contributed by atoms with Crippen molar-refractivity contribution >= 4 is 26.0 Å². The van der Waals surface area contributed by atoms with Crippen molar-refractivity contribution in [2.75, 3.05) is 21.3 Å². The summed E-state index contributed by atoms with van der Waals surface area (Å²) in [5.74, 6) is 1.11. The molecule has 7 heteroatoms. The van der Waals surface area contributed by atoms with E-state index in [1.54, 1.807) is 44.5 Å². The summed E-state index contributed by atoms with van der Waals surface area (Å²) in [6, 6.07) is 10.4. The average Bonchev–Trinajstić information content (AvgIpc) is 2.56. The Labute approximate surface area is 151 Å². The van der Waals surface area contributed by atoms with Gasteiger partial charge < -0.3 is 9.47 Å². The Morgan fingerprint density at radius 3 is 2.42 bits per heavy atom. The number of halogens is 1. The summed E-state index contributed by atoms with van der Waals surface area (Å²) in [6.45, 7) is 2.03. The fourth-order valence-electron chi connectivity index (χ4n) is 2.36. The Hall–Kier alpha value is -1.57. The van der Waals surface area contributed by atoms with E-state index in [0.29, 0.717) is 11.5 Å². The van der Waals surface area contributed by atoms with E-state index < -0.39 is 10.0 Å². The van der Waals surface area contributed by atoms with E-state index in [1.807, 2.05) is 13.0 Å². The van der Waals surface area contributed by atoms with Gasteiger partial charge in [-0.1, -0.05) is 28.1 Å². The largest absolute Gasteiger partial charge is 0.493 e. The molecule has 24 heavy (non-hydrogen) atoms. The van der Waals surface area contributed by atoms with Crippen LogP contribution < -0.4 is 9.47 Å². The van der Waals surface area contributed by atoms with Crippen LogP contribution in [0.2, 0.25) is 0 Å². The quantitative estimate of drug-likeness (QED) is 0.725. The molecule has 5 nitrogen and oxygen atoms in total. The van der Waals surface area contributed by atoms with Crippen molar-refractivity contribution in [3.05, 3.63) is 52.0 Å². The average molecular weight is 414 g/mol. The lowest BCUT2D eigenvalue weighted by Crippen LogP contribution is -2.26. The Balaban J connectivity index is 2.35. The zero-order valence-corrected chi connectivity index (χ0v) is 16.4. The molecule has 0 heterocycles. The second-order valence-corrected chi connectivity index (χ2v) is 8.22. The number of para-hydroxylation sites is 1. The lowest BCUT2D eigenvalue weighted by atomic mass is 10.2. The number of methoxy groups -OCH3 is 2. The summed E-state index contributed by atoms with van der Waals surface area (Å²) in [7, 11) is 1.03. The Morgan fingerprint density at radius 1 is 1.12 bits per heavy atom.